The van der Waals surface area contributed by atoms with E-state index in [1.165, 1.54) is 4.90 Å². The molecule has 20 heavy (non-hydrogen) atoms. The quantitative estimate of drug-likeness (QED) is 0.746. The molecular weight excluding hydrogens is 260 g/mol. The summed E-state index contributed by atoms with van der Waals surface area (Å²) in [5, 5.41) is 3.87. The average molecular weight is 282 g/mol. The maximum absolute atomic E-state index is 12.6. The van der Waals surface area contributed by atoms with Crippen LogP contribution < -0.4 is 0 Å². The van der Waals surface area contributed by atoms with E-state index in [1.807, 2.05) is 20.8 Å². The number of aryl methyl sites for hydroxylation is 2. The molecule has 0 atom stereocenters. The molecule has 1 rings (SSSR count). The van der Waals surface area contributed by atoms with Crippen LogP contribution in [0.5, 0.6) is 0 Å². The summed E-state index contributed by atoms with van der Waals surface area (Å²) in [6.07, 6.45) is 0.601. The zero-order valence-corrected chi connectivity index (χ0v) is 12.7. The van der Waals surface area contributed by atoms with Gasteiger partial charge < -0.3 is 14.2 Å². The van der Waals surface area contributed by atoms with Crippen molar-refractivity contribution in [2.24, 2.45) is 0 Å². The van der Waals surface area contributed by atoms with Crippen molar-refractivity contribution < 1.29 is 18.8 Å². The third-order valence-corrected chi connectivity index (χ3v) is 2.97. The first-order valence-electron chi connectivity index (χ1n) is 6.84. The fraction of sp³-hybridized carbons (Fsp3) is 0.643. The van der Waals surface area contributed by atoms with Gasteiger partial charge in [-0.15, -0.1) is 0 Å². The van der Waals surface area contributed by atoms with Crippen molar-refractivity contribution in [1.82, 2.24) is 10.1 Å². The lowest BCUT2D eigenvalue weighted by Crippen LogP contribution is -2.41. The number of aromatic nitrogens is 1. The van der Waals surface area contributed by atoms with E-state index >= 15 is 0 Å². The third kappa shape index (κ3) is 3.59. The number of hydrogen-bond acceptors (Lipinski definition) is 5. The SMILES string of the molecule is CCOC(=O)CN(C(=O)c1c(CC)noc1C)C(C)C. The second-order valence-corrected chi connectivity index (χ2v) is 4.75. The highest BCUT2D eigenvalue weighted by molar-refractivity contribution is 5.97. The van der Waals surface area contributed by atoms with Gasteiger partial charge in [0.25, 0.3) is 5.91 Å². The van der Waals surface area contributed by atoms with Gasteiger partial charge in [-0.05, 0) is 34.1 Å². The topological polar surface area (TPSA) is 72.6 Å². The van der Waals surface area contributed by atoms with Crippen LogP contribution >= 0.6 is 0 Å². The van der Waals surface area contributed by atoms with E-state index in [0.29, 0.717) is 30.0 Å². The predicted molar refractivity (Wildman–Crippen MR) is 73.4 cm³/mol. The summed E-state index contributed by atoms with van der Waals surface area (Å²) in [4.78, 5) is 25.7. The summed E-state index contributed by atoms with van der Waals surface area (Å²) in [5.41, 5.74) is 1.06. The van der Waals surface area contributed by atoms with Gasteiger partial charge >= 0.3 is 5.97 Å². The summed E-state index contributed by atoms with van der Waals surface area (Å²) >= 11 is 0. The molecule has 1 amide bonds. The van der Waals surface area contributed by atoms with Crippen LogP contribution in [0.2, 0.25) is 0 Å². The van der Waals surface area contributed by atoms with Crippen molar-refractivity contribution in [2.45, 2.75) is 47.1 Å². The van der Waals surface area contributed by atoms with E-state index in [9.17, 15) is 9.59 Å². The van der Waals surface area contributed by atoms with Crippen molar-refractivity contribution in [3.8, 4) is 0 Å². The van der Waals surface area contributed by atoms with Gasteiger partial charge in [-0.2, -0.15) is 0 Å². The molecule has 0 saturated carbocycles. The first-order valence-corrected chi connectivity index (χ1v) is 6.84. The minimum absolute atomic E-state index is 0.0713. The van der Waals surface area contributed by atoms with Gasteiger partial charge in [0.15, 0.2) is 0 Å². The van der Waals surface area contributed by atoms with Crippen molar-refractivity contribution in [3.63, 3.8) is 0 Å². The van der Waals surface area contributed by atoms with Crippen molar-refractivity contribution >= 4 is 11.9 Å². The number of rotatable bonds is 6. The number of ether oxygens (including phenoxy) is 1. The number of hydrogen-bond donors (Lipinski definition) is 0. The Morgan fingerprint density at radius 2 is 2.00 bits per heavy atom. The van der Waals surface area contributed by atoms with Crippen molar-refractivity contribution in [3.05, 3.63) is 17.0 Å². The van der Waals surface area contributed by atoms with Crippen LogP contribution in [-0.4, -0.2) is 41.1 Å². The second-order valence-electron chi connectivity index (χ2n) is 4.75. The maximum atomic E-state index is 12.6. The lowest BCUT2D eigenvalue weighted by molar-refractivity contribution is -0.144. The van der Waals surface area contributed by atoms with E-state index in [4.69, 9.17) is 9.26 Å². The molecule has 0 aromatic carbocycles. The highest BCUT2D eigenvalue weighted by Gasteiger charge is 2.27. The van der Waals surface area contributed by atoms with Crippen molar-refractivity contribution in [1.29, 1.82) is 0 Å². The Morgan fingerprint density at radius 1 is 1.35 bits per heavy atom. The molecule has 0 bridgehead atoms. The Bertz CT molecular complexity index is 480. The maximum Gasteiger partial charge on any atom is 0.325 e. The summed E-state index contributed by atoms with van der Waals surface area (Å²) in [6.45, 7) is 9.26. The van der Waals surface area contributed by atoms with Crippen LogP contribution in [0.1, 0.15) is 49.5 Å². The van der Waals surface area contributed by atoms with E-state index in [1.54, 1.807) is 13.8 Å². The van der Waals surface area contributed by atoms with E-state index in [-0.39, 0.29) is 18.5 Å². The highest BCUT2D eigenvalue weighted by Crippen LogP contribution is 2.18. The van der Waals surface area contributed by atoms with Gasteiger partial charge in [0.2, 0.25) is 0 Å². The van der Waals surface area contributed by atoms with Crippen LogP contribution in [0.15, 0.2) is 4.52 Å². The normalized spacial score (nSPS) is 10.7. The molecule has 1 heterocycles. The molecule has 0 aliphatic carbocycles. The monoisotopic (exact) mass is 282 g/mol. The summed E-state index contributed by atoms with van der Waals surface area (Å²) in [7, 11) is 0. The predicted octanol–water partition coefficient (Wildman–Crippen LogP) is 1.96. The van der Waals surface area contributed by atoms with Gasteiger partial charge in [-0.25, -0.2) is 0 Å². The Balaban J connectivity index is 2.99. The second kappa shape index (κ2) is 7.07. The van der Waals surface area contributed by atoms with Crippen LogP contribution in [0.25, 0.3) is 0 Å². The third-order valence-electron chi connectivity index (χ3n) is 2.97. The zero-order valence-electron chi connectivity index (χ0n) is 12.7. The Kier molecular flexibility index (Phi) is 5.73. The molecule has 0 unspecified atom stereocenters. The number of nitrogens with zero attached hydrogens (tertiary/aromatic N) is 2. The lowest BCUT2D eigenvalue weighted by atomic mass is 10.1. The summed E-state index contributed by atoms with van der Waals surface area (Å²) < 4.78 is 9.98. The Hall–Kier alpha value is -1.85. The van der Waals surface area contributed by atoms with Crippen LogP contribution in [0.4, 0.5) is 0 Å². The molecule has 0 radical (unpaired) electrons. The van der Waals surface area contributed by atoms with Gasteiger partial charge in [0.1, 0.15) is 17.9 Å². The van der Waals surface area contributed by atoms with Gasteiger partial charge in [0.05, 0.1) is 12.3 Å². The first kappa shape index (κ1) is 16.2. The summed E-state index contributed by atoms with van der Waals surface area (Å²) in [6, 6.07) is -0.120. The van der Waals surface area contributed by atoms with Crippen LogP contribution in [-0.2, 0) is 16.0 Å². The minimum Gasteiger partial charge on any atom is -0.465 e. The number of esters is 1. The fourth-order valence-corrected chi connectivity index (χ4v) is 1.91. The Morgan fingerprint density at radius 3 is 2.50 bits per heavy atom. The average Bonchev–Trinajstić information content (AvgIpc) is 2.76. The molecule has 112 valence electrons. The smallest absolute Gasteiger partial charge is 0.325 e. The molecule has 0 aliphatic rings. The molecule has 1 aromatic heterocycles. The first-order chi connectivity index (χ1) is 9.42. The largest absolute Gasteiger partial charge is 0.465 e. The van der Waals surface area contributed by atoms with Gasteiger partial charge in [-0.1, -0.05) is 12.1 Å². The van der Waals surface area contributed by atoms with Crippen LogP contribution in [0.3, 0.4) is 0 Å². The zero-order chi connectivity index (χ0) is 15.3. The molecule has 6 heteroatoms. The van der Waals surface area contributed by atoms with Gasteiger partial charge in [-0.3, -0.25) is 9.59 Å². The molecule has 0 fully saturated rings. The van der Waals surface area contributed by atoms with Crippen LogP contribution in [0, 0.1) is 6.92 Å². The fourth-order valence-electron chi connectivity index (χ4n) is 1.91. The number of amides is 1. The number of carbonyl (C=O) groups is 2. The lowest BCUT2D eigenvalue weighted by Gasteiger charge is -2.25. The van der Waals surface area contributed by atoms with E-state index < -0.39 is 5.97 Å². The molecular formula is C14H22N2O4. The molecule has 6 nitrogen and oxygen atoms in total. The molecule has 1 aromatic rings. The van der Waals surface area contributed by atoms with E-state index in [0.717, 1.165) is 0 Å². The molecule has 0 aliphatic heterocycles. The minimum atomic E-state index is -0.415. The van der Waals surface area contributed by atoms with Crippen molar-refractivity contribution in [2.75, 3.05) is 13.2 Å². The summed E-state index contributed by atoms with van der Waals surface area (Å²) in [5.74, 6) is -0.188. The number of carbonyl (C=O) groups excluding carboxylic acids is 2. The highest BCUT2D eigenvalue weighted by atomic mass is 16.5. The molecule has 0 N–H and O–H groups in total. The molecule has 0 spiro atoms. The molecule has 0 saturated heterocycles. The Labute approximate surface area is 119 Å². The van der Waals surface area contributed by atoms with Gasteiger partial charge in [0, 0.05) is 6.04 Å². The van der Waals surface area contributed by atoms with E-state index in [2.05, 4.69) is 5.16 Å². The standard InChI is InChI=1S/C14H22N2O4/c1-6-11-13(10(5)20-15-11)14(18)16(9(3)4)8-12(17)19-7-2/h9H,6-8H2,1-5H3.